The van der Waals surface area contributed by atoms with Gasteiger partial charge in [-0.15, -0.1) is 15.6 Å². The molecule has 1 saturated carbocycles. The van der Waals surface area contributed by atoms with Crippen LogP contribution < -0.4 is 19.7 Å². The lowest BCUT2D eigenvalue weighted by Gasteiger charge is -2.34. The molecular formula is C44H41F2N9O4S. The molecule has 3 aromatic carbocycles. The number of fused-ring (bicyclic) bond motifs is 5. The molecule has 5 fully saturated rings. The van der Waals surface area contributed by atoms with Crippen molar-refractivity contribution >= 4 is 37.5 Å². The molecule has 4 aliphatic heterocycles. The van der Waals surface area contributed by atoms with Crippen LogP contribution in [0.2, 0.25) is 0 Å². The van der Waals surface area contributed by atoms with Crippen LogP contribution in [0.1, 0.15) is 62.3 Å². The van der Waals surface area contributed by atoms with E-state index in [4.69, 9.17) is 25.9 Å². The molecule has 1 N–H and O–H groups in total. The van der Waals surface area contributed by atoms with Crippen molar-refractivity contribution in [1.82, 2.24) is 39.3 Å². The molecule has 306 valence electrons. The van der Waals surface area contributed by atoms with E-state index in [-0.39, 0.29) is 58.4 Å². The second-order valence-electron chi connectivity index (χ2n) is 16.8. The summed E-state index contributed by atoms with van der Waals surface area (Å²) in [5.74, 6) is 2.98. The van der Waals surface area contributed by atoms with Crippen LogP contribution in [0.3, 0.4) is 0 Å². The summed E-state index contributed by atoms with van der Waals surface area (Å²) in [4.78, 5) is 23.1. The molecule has 4 saturated heterocycles. The third kappa shape index (κ3) is 6.33. The molecule has 0 spiro atoms. The van der Waals surface area contributed by atoms with Crippen LogP contribution in [0, 0.1) is 24.0 Å². The average Bonchev–Trinajstić information content (AvgIpc) is 3.51. The van der Waals surface area contributed by atoms with E-state index in [0.717, 1.165) is 49.2 Å². The number of terminal acetylenes is 1. The quantitative estimate of drug-likeness (QED) is 0.167. The number of anilines is 1. The maximum atomic E-state index is 17.1. The van der Waals surface area contributed by atoms with Gasteiger partial charge in [0.15, 0.2) is 11.6 Å². The summed E-state index contributed by atoms with van der Waals surface area (Å²) in [6.45, 7) is 3.09. The highest BCUT2D eigenvalue weighted by atomic mass is 32.2. The molecule has 1 aliphatic carbocycles. The number of ether oxygens (including phenoxy) is 2. The first-order valence-corrected chi connectivity index (χ1v) is 22.0. The number of piperazine rings is 1. The summed E-state index contributed by atoms with van der Waals surface area (Å²) in [7, 11) is -3.95. The van der Waals surface area contributed by atoms with Gasteiger partial charge < -0.3 is 19.7 Å². The van der Waals surface area contributed by atoms with Crippen molar-refractivity contribution in [2.45, 2.75) is 79.5 Å². The number of benzene rings is 3. The van der Waals surface area contributed by atoms with Gasteiger partial charge in [-0.1, -0.05) is 36.3 Å². The Bertz CT molecular complexity index is 2850. The van der Waals surface area contributed by atoms with E-state index in [2.05, 4.69) is 36.1 Å². The van der Waals surface area contributed by atoms with E-state index in [9.17, 15) is 12.8 Å². The molecule has 5 aliphatic rings. The van der Waals surface area contributed by atoms with Crippen molar-refractivity contribution in [1.29, 1.82) is 0 Å². The number of nitrogens with zero attached hydrogens (tertiary/aromatic N) is 8. The van der Waals surface area contributed by atoms with E-state index in [1.165, 1.54) is 24.5 Å². The molecule has 6 aromatic rings. The van der Waals surface area contributed by atoms with Crippen LogP contribution in [0.15, 0.2) is 72.0 Å². The second-order valence-corrected chi connectivity index (χ2v) is 18.6. The zero-order chi connectivity index (χ0) is 40.8. The van der Waals surface area contributed by atoms with Gasteiger partial charge >= 0.3 is 6.01 Å². The molecule has 60 heavy (non-hydrogen) atoms. The van der Waals surface area contributed by atoms with Gasteiger partial charge in [-0.3, -0.25) is 9.88 Å². The zero-order valence-corrected chi connectivity index (χ0v) is 33.4. The first-order chi connectivity index (χ1) is 29.2. The highest BCUT2D eigenvalue weighted by molar-refractivity contribution is 7.89. The third-order valence-corrected chi connectivity index (χ3v) is 14.4. The van der Waals surface area contributed by atoms with Crippen LogP contribution in [0.25, 0.3) is 32.9 Å². The van der Waals surface area contributed by atoms with Crippen LogP contribution in [-0.4, -0.2) is 99.0 Å². The number of nitrogens with one attached hydrogen (secondary N) is 1. The SMILES string of the molecule is C#Cc1c(F)ccc2cccc(-c3ncc4c(N5C[C@H]6CC[C@@H](C5)N6)nc(OC[C@]56CCCN5C[C@H](Oc5cccc(S(=O)(=O)n7cnc(C8CC8)n7)c5)C6)nc4c3F)c12. The normalized spacial score (nSPS) is 23.9. The van der Waals surface area contributed by atoms with E-state index in [1.807, 2.05) is 0 Å². The number of hydrogen-bond donors (Lipinski definition) is 1. The van der Waals surface area contributed by atoms with Crippen molar-refractivity contribution in [3.8, 4) is 35.4 Å². The Morgan fingerprint density at radius 1 is 0.983 bits per heavy atom. The lowest BCUT2D eigenvalue weighted by atomic mass is 9.94. The zero-order valence-electron chi connectivity index (χ0n) is 32.6. The van der Waals surface area contributed by atoms with Gasteiger partial charge in [-0.2, -0.15) is 18.4 Å². The summed E-state index contributed by atoms with van der Waals surface area (Å²) in [5, 5.41) is 9.42. The minimum Gasteiger partial charge on any atom is -0.489 e. The maximum Gasteiger partial charge on any atom is 0.319 e. The molecule has 7 heterocycles. The van der Waals surface area contributed by atoms with E-state index in [1.54, 1.807) is 42.6 Å². The van der Waals surface area contributed by atoms with Gasteiger partial charge in [0.2, 0.25) is 0 Å². The standard InChI is InChI=1S/C44H41F2N9O4S/c1-2-33-36(45)15-12-26-6-3-9-34(37(26)33)39-38(46)40-35(20-47-39)42(53-21-28-13-14-29(22-53)49-28)51-43(50-40)58-24-44-16-5-17-54(44)23-31(19-44)59-30-7-4-8-32(18-30)60(56,57)55-25-48-41(52-55)27-10-11-27/h1,3-4,6-9,12,15,18,20,25,27-29,31,49H,5,10-11,13-14,16-17,19,21-24H2/t28-,29+,31-,44-/m1/s1. The largest absolute Gasteiger partial charge is 0.489 e. The molecule has 0 radical (unpaired) electrons. The fraction of sp³-hybridized carbons (Fsp3) is 0.386. The monoisotopic (exact) mass is 829 g/mol. The molecule has 3 aromatic heterocycles. The molecule has 4 atom stereocenters. The molecule has 0 amide bonds. The predicted octanol–water partition coefficient (Wildman–Crippen LogP) is 5.82. The van der Waals surface area contributed by atoms with Gasteiger partial charge in [-0.25, -0.2) is 13.8 Å². The summed E-state index contributed by atoms with van der Waals surface area (Å²) in [6.07, 6.45) is 14.8. The van der Waals surface area contributed by atoms with Crippen LogP contribution in [0.5, 0.6) is 11.8 Å². The Labute approximate surface area is 345 Å². The summed E-state index contributed by atoms with van der Waals surface area (Å²) in [5.41, 5.74) is 0.0627. The smallest absolute Gasteiger partial charge is 0.319 e. The minimum atomic E-state index is -3.95. The Morgan fingerprint density at radius 2 is 1.82 bits per heavy atom. The molecule has 13 nitrogen and oxygen atoms in total. The van der Waals surface area contributed by atoms with Crippen LogP contribution in [0.4, 0.5) is 14.6 Å². The molecule has 2 bridgehead atoms. The summed E-state index contributed by atoms with van der Waals surface area (Å²) in [6, 6.07) is 15.3. The van der Waals surface area contributed by atoms with Crippen molar-refractivity contribution < 1.29 is 26.7 Å². The highest BCUT2D eigenvalue weighted by Gasteiger charge is 2.50. The second kappa shape index (κ2) is 14.2. The Kier molecular flexibility index (Phi) is 8.80. The van der Waals surface area contributed by atoms with Gasteiger partial charge in [0.05, 0.1) is 21.4 Å². The third-order valence-electron chi connectivity index (χ3n) is 12.9. The molecule has 11 rings (SSSR count). The number of pyridine rings is 1. The highest BCUT2D eigenvalue weighted by Crippen LogP contribution is 2.42. The predicted molar refractivity (Wildman–Crippen MR) is 219 cm³/mol. The maximum absolute atomic E-state index is 17.1. The van der Waals surface area contributed by atoms with Gasteiger partial charge in [0, 0.05) is 67.3 Å². The minimum absolute atomic E-state index is 0.00342. The first-order valence-electron chi connectivity index (χ1n) is 20.5. The fourth-order valence-corrected chi connectivity index (χ4v) is 10.9. The van der Waals surface area contributed by atoms with E-state index in [0.29, 0.717) is 65.2 Å². The molecule has 16 heteroatoms. The van der Waals surface area contributed by atoms with E-state index < -0.39 is 27.2 Å². The van der Waals surface area contributed by atoms with Crippen molar-refractivity contribution in [3.63, 3.8) is 0 Å². The molecule has 0 unspecified atom stereocenters. The Hall–Kier alpha value is -5.76. The Balaban J connectivity index is 0.894. The van der Waals surface area contributed by atoms with Crippen LogP contribution >= 0.6 is 0 Å². The first kappa shape index (κ1) is 37.3. The van der Waals surface area contributed by atoms with Gasteiger partial charge in [0.1, 0.15) is 47.6 Å². The fourth-order valence-electron chi connectivity index (χ4n) is 9.84. The van der Waals surface area contributed by atoms with Crippen LogP contribution in [-0.2, 0) is 10.0 Å². The Morgan fingerprint density at radius 3 is 2.63 bits per heavy atom. The van der Waals surface area contributed by atoms with Crippen molar-refractivity contribution in [2.75, 3.05) is 37.7 Å². The lowest BCUT2D eigenvalue weighted by molar-refractivity contribution is 0.107. The van der Waals surface area contributed by atoms with Gasteiger partial charge in [-0.05, 0) is 68.7 Å². The number of aromatic nitrogens is 6. The number of rotatable bonds is 10. The lowest BCUT2D eigenvalue weighted by Crippen LogP contribution is -2.51. The van der Waals surface area contributed by atoms with Gasteiger partial charge in [0.25, 0.3) is 10.0 Å². The summed E-state index contributed by atoms with van der Waals surface area (Å²) >= 11 is 0. The van der Waals surface area contributed by atoms with Crippen molar-refractivity contribution in [3.05, 3.63) is 90.1 Å². The average molecular weight is 830 g/mol. The summed E-state index contributed by atoms with van der Waals surface area (Å²) < 4.78 is 73.0. The van der Waals surface area contributed by atoms with Crippen molar-refractivity contribution in [2.24, 2.45) is 0 Å². The molecular weight excluding hydrogens is 789 g/mol. The number of halogens is 2. The topological polar surface area (TPSA) is 140 Å². The van der Waals surface area contributed by atoms with E-state index >= 15 is 4.39 Å². The number of hydrogen-bond acceptors (Lipinski definition) is 12.